The van der Waals surface area contributed by atoms with Gasteiger partial charge in [0.15, 0.2) is 0 Å². The van der Waals surface area contributed by atoms with Crippen molar-refractivity contribution in [1.82, 2.24) is 4.98 Å². The van der Waals surface area contributed by atoms with Crippen LogP contribution in [-0.2, 0) is 6.61 Å². The first-order chi connectivity index (χ1) is 14.6. The molecular formula is C23H17N3O2S2. The van der Waals surface area contributed by atoms with Gasteiger partial charge in [0.25, 0.3) is 5.91 Å². The van der Waals surface area contributed by atoms with Gasteiger partial charge in [-0.1, -0.05) is 18.2 Å². The Morgan fingerprint density at radius 3 is 2.87 bits per heavy atom. The predicted molar refractivity (Wildman–Crippen MR) is 120 cm³/mol. The topological polar surface area (TPSA) is 75.0 Å². The zero-order chi connectivity index (χ0) is 20.9. The van der Waals surface area contributed by atoms with Gasteiger partial charge in [-0.15, -0.1) is 22.7 Å². The van der Waals surface area contributed by atoms with Gasteiger partial charge >= 0.3 is 0 Å². The van der Waals surface area contributed by atoms with Gasteiger partial charge in [0.2, 0.25) is 0 Å². The summed E-state index contributed by atoms with van der Waals surface area (Å²) in [5.74, 6) is 0.519. The molecule has 30 heavy (non-hydrogen) atoms. The van der Waals surface area contributed by atoms with E-state index >= 15 is 0 Å². The van der Waals surface area contributed by atoms with Crippen LogP contribution in [-0.4, -0.2) is 10.9 Å². The molecule has 4 rings (SSSR count). The molecule has 0 radical (unpaired) electrons. The zero-order valence-corrected chi connectivity index (χ0v) is 17.7. The first-order valence-electron chi connectivity index (χ1n) is 9.16. The number of nitrogens with zero attached hydrogens (tertiary/aromatic N) is 2. The molecule has 2 heterocycles. The number of hydrogen-bond acceptors (Lipinski definition) is 6. The minimum Gasteiger partial charge on any atom is -0.489 e. The number of anilines is 1. The van der Waals surface area contributed by atoms with Crippen LogP contribution < -0.4 is 10.1 Å². The molecule has 1 N–H and O–H groups in total. The molecule has 0 spiro atoms. The molecule has 5 nitrogen and oxygen atoms in total. The molecule has 1 amide bonds. The molecule has 0 atom stereocenters. The van der Waals surface area contributed by atoms with Crippen molar-refractivity contribution in [3.05, 3.63) is 87.7 Å². The van der Waals surface area contributed by atoms with Crippen molar-refractivity contribution in [2.24, 2.45) is 0 Å². The molecule has 0 bridgehead atoms. The highest BCUT2D eigenvalue weighted by Gasteiger charge is 2.14. The number of carbonyl (C=O) groups is 1. The molecule has 4 aromatic rings. The van der Waals surface area contributed by atoms with E-state index in [1.165, 1.54) is 11.3 Å². The van der Waals surface area contributed by atoms with Crippen LogP contribution in [0.1, 0.15) is 26.4 Å². The van der Waals surface area contributed by atoms with E-state index in [1.54, 1.807) is 29.7 Å². The molecule has 0 aliphatic rings. The van der Waals surface area contributed by atoms with E-state index in [4.69, 9.17) is 10.00 Å². The molecule has 0 unspecified atom stereocenters. The largest absolute Gasteiger partial charge is 0.489 e. The van der Waals surface area contributed by atoms with Crippen LogP contribution in [0.5, 0.6) is 5.75 Å². The number of rotatable bonds is 6. The summed E-state index contributed by atoms with van der Waals surface area (Å²) in [6, 6.07) is 18.9. The Hall–Kier alpha value is -3.47. The third-order valence-corrected chi connectivity index (χ3v) is 6.40. The summed E-state index contributed by atoms with van der Waals surface area (Å²) in [6.07, 6.45) is 1.61. The summed E-state index contributed by atoms with van der Waals surface area (Å²) < 4.78 is 5.83. The molecule has 2 aromatic heterocycles. The lowest BCUT2D eigenvalue weighted by Crippen LogP contribution is -2.11. The molecule has 0 aliphatic heterocycles. The Morgan fingerprint density at radius 2 is 2.10 bits per heavy atom. The maximum absolute atomic E-state index is 12.6. The third kappa shape index (κ3) is 4.57. The van der Waals surface area contributed by atoms with Crippen molar-refractivity contribution in [1.29, 1.82) is 5.26 Å². The van der Waals surface area contributed by atoms with Gasteiger partial charge in [0.1, 0.15) is 22.2 Å². The number of hydrogen-bond donors (Lipinski definition) is 1. The number of aromatic nitrogens is 1. The minimum atomic E-state index is -0.180. The average Bonchev–Trinajstić information content (AvgIpc) is 3.46. The maximum Gasteiger partial charge on any atom is 0.267 e. The van der Waals surface area contributed by atoms with Crippen LogP contribution in [0.2, 0.25) is 0 Å². The van der Waals surface area contributed by atoms with Gasteiger partial charge in [0.05, 0.1) is 22.7 Å². The van der Waals surface area contributed by atoms with Gasteiger partial charge in [-0.05, 0) is 59.8 Å². The molecule has 0 aliphatic carbocycles. The lowest BCUT2D eigenvalue weighted by Gasteiger charge is -2.11. The van der Waals surface area contributed by atoms with E-state index in [0.717, 1.165) is 26.7 Å². The standard InChI is InChI=1S/C23H17N3O2S2/c1-15-10-18(28-14-17-5-2-4-16(11-17)12-24)7-8-19(15)26-22(27)21-13-25-23(30-21)20-6-3-9-29-20/h2-11,13H,14H2,1H3,(H,26,27). The van der Waals surface area contributed by atoms with Gasteiger partial charge in [-0.2, -0.15) is 5.26 Å². The van der Waals surface area contributed by atoms with Gasteiger partial charge in [-0.3, -0.25) is 4.79 Å². The second kappa shape index (κ2) is 8.91. The average molecular weight is 432 g/mol. The SMILES string of the molecule is Cc1cc(OCc2cccc(C#N)c2)ccc1NC(=O)c1cnc(-c2cccs2)s1. The summed E-state index contributed by atoms with van der Waals surface area (Å²) in [6.45, 7) is 2.29. The molecule has 0 saturated carbocycles. The minimum absolute atomic E-state index is 0.180. The Morgan fingerprint density at radius 1 is 1.20 bits per heavy atom. The summed E-state index contributed by atoms with van der Waals surface area (Å²) in [7, 11) is 0. The first kappa shape index (κ1) is 19.8. The van der Waals surface area contributed by atoms with Crippen LogP contribution in [0.3, 0.4) is 0 Å². The van der Waals surface area contributed by atoms with Crippen LogP contribution in [0.25, 0.3) is 9.88 Å². The quantitative estimate of drug-likeness (QED) is 0.413. The molecule has 7 heteroatoms. The number of benzene rings is 2. The highest BCUT2D eigenvalue weighted by molar-refractivity contribution is 7.22. The Labute approximate surface area is 182 Å². The van der Waals surface area contributed by atoms with Gasteiger partial charge in [0, 0.05) is 5.69 Å². The van der Waals surface area contributed by atoms with E-state index in [1.807, 2.05) is 54.8 Å². The number of amides is 1. The fourth-order valence-corrected chi connectivity index (χ4v) is 4.46. The van der Waals surface area contributed by atoms with Crippen molar-refractivity contribution in [2.45, 2.75) is 13.5 Å². The smallest absolute Gasteiger partial charge is 0.267 e. The Bertz CT molecular complexity index is 1220. The summed E-state index contributed by atoms with van der Waals surface area (Å²) >= 11 is 2.98. The third-order valence-electron chi connectivity index (χ3n) is 4.37. The van der Waals surface area contributed by atoms with Crippen LogP contribution in [0.4, 0.5) is 5.69 Å². The number of carbonyl (C=O) groups excluding carboxylic acids is 1. The van der Waals surface area contributed by atoms with Crippen molar-refractivity contribution < 1.29 is 9.53 Å². The Balaban J connectivity index is 1.40. The lowest BCUT2D eigenvalue weighted by molar-refractivity contribution is 0.103. The fourth-order valence-electron chi connectivity index (χ4n) is 2.84. The summed E-state index contributed by atoms with van der Waals surface area (Å²) in [4.78, 5) is 18.6. The maximum atomic E-state index is 12.6. The number of thiophene rings is 1. The second-order valence-electron chi connectivity index (χ2n) is 6.54. The molecular weight excluding hydrogens is 414 g/mol. The monoisotopic (exact) mass is 431 g/mol. The number of ether oxygens (including phenoxy) is 1. The molecule has 0 saturated heterocycles. The highest BCUT2D eigenvalue weighted by Crippen LogP contribution is 2.30. The van der Waals surface area contributed by atoms with Crippen molar-refractivity contribution in [3.8, 4) is 21.7 Å². The fraction of sp³-hybridized carbons (Fsp3) is 0.0870. The lowest BCUT2D eigenvalue weighted by atomic mass is 10.1. The van der Waals surface area contributed by atoms with Crippen LogP contribution in [0.15, 0.2) is 66.2 Å². The molecule has 0 fully saturated rings. The van der Waals surface area contributed by atoms with E-state index in [0.29, 0.717) is 22.8 Å². The van der Waals surface area contributed by atoms with E-state index in [9.17, 15) is 4.79 Å². The number of nitriles is 1. The van der Waals surface area contributed by atoms with Crippen LogP contribution >= 0.6 is 22.7 Å². The molecule has 2 aromatic carbocycles. The number of nitrogens with one attached hydrogen (secondary N) is 1. The van der Waals surface area contributed by atoms with E-state index < -0.39 is 0 Å². The van der Waals surface area contributed by atoms with E-state index in [-0.39, 0.29) is 5.91 Å². The predicted octanol–water partition coefficient (Wildman–Crippen LogP) is 5.88. The van der Waals surface area contributed by atoms with Crippen LogP contribution in [0, 0.1) is 18.3 Å². The number of aryl methyl sites for hydroxylation is 1. The van der Waals surface area contributed by atoms with Crippen molar-refractivity contribution >= 4 is 34.3 Å². The number of thiazole rings is 1. The van der Waals surface area contributed by atoms with Gasteiger partial charge < -0.3 is 10.1 Å². The zero-order valence-electron chi connectivity index (χ0n) is 16.1. The summed E-state index contributed by atoms with van der Waals surface area (Å²) in [5, 5.41) is 14.8. The highest BCUT2D eigenvalue weighted by atomic mass is 32.1. The van der Waals surface area contributed by atoms with Crippen molar-refractivity contribution in [2.75, 3.05) is 5.32 Å². The normalized spacial score (nSPS) is 10.4. The Kier molecular flexibility index (Phi) is 5.89. The summed E-state index contributed by atoms with van der Waals surface area (Å²) in [5.41, 5.74) is 3.16. The molecule has 148 valence electrons. The van der Waals surface area contributed by atoms with Gasteiger partial charge in [-0.25, -0.2) is 4.98 Å². The first-order valence-corrected chi connectivity index (χ1v) is 10.9. The van der Waals surface area contributed by atoms with E-state index in [2.05, 4.69) is 16.4 Å². The van der Waals surface area contributed by atoms with Crippen molar-refractivity contribution in [3.63, 3.8) is 0 Å². The second-order valence-corrected chi connectivity index (χ2v) is 8.52.